The summed E-state index contributed by atoms with van der Waals surface area (Å²) in [6.07, 6.45) is 3.14. The van der Waals surface area contributed by atoms with Crippen LogP contribution in [0, 0.1) is 15.9 Å². The maximum absolute atomic E-state index is 13.1. The zero-order valence-corrected chi connectivity index (χ0v) is 14.6. The van der Waals surface area contributed by atoms with Gasteiger partial charge < -0.3 is 0 Å². The zero-order valence-electron chi connectivity index (χ0n) is 13.8. The normalized spacial score (nSPS) is 11.0. The summed E-state index contributed by atoms with van der Waals surface area (Å²) in [7, 11) is 0. The number of hydrogen-bond acceptors (Lipinski definition) is 6. The van der Waals surface area contributed by atoms with Crippen LogP contribution in [0.3, 0.4) is 0 Å². The van der Waals surface area contributed by atoms with E-state index < -0.39 is 4.92 Å². The Morgan fingerprint density at radius 3 is 2.52 bits per heavy atom. The molecule has 0 fully saturated rings. The number of fused-ring (bicyclic) bond motifs is 1. The van der Waals surface area contributed by atoms with Crippen molar-refractivity contribution in [1.29, 1.82) is 0 Å². The molecule has 0 amide bonds. The fourth-order valence-corrected chi connectivity index (χ4v) is 3.49. The Morgan fingerprint density at radius 2 is 1.81 bits per heavy atom. The van der Waals surface area contributed by atoms with E-state index in [1.807, 2.05) is 0 Å². The maximum Gasteiger partial charge on any atom is 0.269 e. The first-order valence-electron chi connectivity index (χ1n) is 7.92. The van der Waals surface area contributed by atoms with E-state index in [-0.39, 0.29) is 11.5 Å². The Bertz CT molecular complexity index is 1110. The third kappa shape index (κ3) is 3.49. The van der Waals surface area contributed by atoms with Gasteiger partial charge in [0.15, 0.2) is 5.65 Å². The van der Waals surface area contributed by atoms with Crippen LogP contribution in [0.2, 0.25) is 0 Å². The molecule has 0 aliphatic carbocycles. The molecule has 0 saturated carbocycles. The molecule has 0 bridgehead atoms. The number of thioether (sulfide) groups is 1. The minimum absolute atomic E-state index is 0.0637. The number of rotatable bonds is 5. The molecule has 0 N–H and O–H groups in total. The molecule has 27 heavy (non-hydrogen) atoms. The van der Waals surface area contributed by atoms with Crippen LogP contribution in [0.1, 0.15) is 5.56 Å². The standard InChI is InChI=1S/C18H12FN5O2S/c19-13-3-7-14(8-4-13)23-17-16(9-22-23)18(21-11-20-17)27-10-12-1-5-15(6-2-12)24(25)26/h1-9,11H,10H2. The molecule has 7 nitrogen and oxygen atoms in total. The Hall–Kier alpha value is -3.33. The highest BCUT2D eigenvalue weighted by Crippen LogP contribution is 2.28. The quantitative estimate of drug-likeness (QED) is 0.223. The van der Waals surface area contributed by atoms with Crippen LogP contribution in [0.15, 0.2) is 66.1 Å². The Kier molecular flexibility index (Phi) is 4.51. The molecule has 0 spiro atoms. The number of nitro benzene ring substituents is 1. The summed E-state index contributed by atoms with van der Waals surface area (Å²) in [5.74, 6) is 0.287. The van der Waals surface area contributed by atoms with Crippen molar-refractivity contribution < 1.29 is 9.31 Å². The lowest BCUT2D eigenvalue weighted by atomic mass is 10.2. The second kappa shape index (κ2) is 7.12. The maximum atomic E-state index is 13.1. The topological polar surface area (TPSA) is 86.7 Å². The summed E-state index contributed by atoms with van der Waals surface area (Å²) < 4.78 is 14.8. The molecule has 0 aliphatic rings. The summed E-state index contributed by atoms with van der Waals surface area (Å²) in [6, 6.07) is 12.4. The zero-order chi connectivity index (χ0) is 18.8. The predicted molar refractivity (Wildman–Crippen MR) is 99.3 cm³/mol. The third-order valence-corrected chi connectivity index (χ3v) is 5.00. The number of hydrogen-bond donors (Lipinski definition) is 0. The van der Waals surface area contributed by atoms with Gasteiger partial charge in [0.1, 0.15) is 17.2 Å². The van der Waals surface area contributed by atoms with Gasteiger partial charge in [-0.2, -0.15) is 5.10 Å². The molecule has 134 valence electrons. The lowest BCUT2D eigenvalue weighted by molar-refractivity contribution is -0.384. The average molecular weight is 381 g/mol. The van der Waals surface area contributed by atoms with Gasteiger partial charge in [-0.1, -0.05) is 12.1 Å². The number of nitrogens with zero attached hydrogens (tertiary/aromatic N) is 5. The van der Waals surface area contributed by atoms with Crippen molar-refractivity contribution in [2.24, 2.45) is 0 Å². The van der Waals surface area contributed by atoms with Crippen molar-refractivity contribution in [2.45, 2.75) is 10.8 Å². The summed E-state index contributed by atoms with van der Waals surface area (Å²) in [4.78, 5) is 18.9. The van der Waals surface area contributed by atoms with E-state index >= 15 is 0 Å². The van der Waals surface area contributed by atoms with E-state index in [1.54, 1.807) is 35.1 Å². The van der Waals surface area contributed by atoms with Crippen LogP contribution in [0.4, 0.5) is 10.1 Å². The van der Waals surface area contributed by atoms with Crippen molar-refractivity contribution in [1.82, 2.24) is 19.7 Å². The SMILES string of the molecule is O=[N+]([O-])c1ccc(CSc2ncnc3c2cnn3-c2ccc(F)cc2)cc1. The molecule has 0 aliphatic heterocycles. The Balaban J connectivity index is 1.59. The number of benzene rings is 2. The van der Waals surface area contributed by atoms with Crippen LogP contribution in [0.25, 0.3) is 16.7 Å². The van der Waals surface area contributed by atoms with Gasteiger partial charge in [0.25, 0.3) is 5.69 Å². The first-order chi connectivity index (χ1) is 13.1. The van der Waals surface area contributed by atoms with Gasteiger partial charge in [-0.05, 0) is 29.8 Å². The van der Waals surface area contributed by atoms with Crippen LogP contribution >= 0.6 is 11.8 Å². The molecule has 4 aromatic rings. The van der Waals surface area contributed by atoms with E-state index in [1.165, 1.54) is 42.4 Å². The Morgan fingerprint density at radius 1 is 1.07 bits per heavy atom. The number of non-ortho nitro benzene ring substituents is 1. The van der Waals surface area contributed by atoms with Gasteiger partial charge >= 0.3 is 0 Å². The minimum atomic E-state index is -0.422. The predicted octanol–water partition coefficient (Wildman–Crippen LogP) is 4.16. The summed E-state index contributed by atoms with van der Waals surface area (Å²) in [6.45, 7) is 0. The van der Waals surface area contributed by atoms with Crippen molar-refractivity contribution in [2.75, 3.05) is 0 Å². The van der Waals surface area contributed by atoms with Crippen molar-refractivity contribution in [3.05, 3.63) is 82.6 Å². The molecule has 0 unspecified atom stereocenters. The van der Waals surface area contributed by atoms with Crippen LogP contribution in [0.5, 0.6) is 0 Å². The molecule has 4 rings (SSSR count). The lowest BCUT2D eigenvalue weighted by Crippen LogP contribution is -1.98. The molecular formula is C18H12FN5O2S. The fourth-order valence-electron chi connectivity index (χ4n) is 2.57. The highest BCUT2D eigenvalue weighted by atomic mass is 32.2. The van der Waals surface area contributed by atoms with Gasteiger partial charge in [0.05, 0.1) is 22.2 Å². The molecule has 2 aromatic heterocycles. The van der Waals surface area contributed by atoms with Gasteiger partial charge in [-0.15, -0.1) is 11.8 Å². The highest BCUT2D eigenvalue weighted by Gasteiger charge is 2.12. The molecule has 2 aromatic carbocycles. The van der Waals surface area contributed by atoms with Crippen LogP contribution in [-0.4, -0.2) is 24.7 Å². The van der Waals surface area contributed by atoms with E-state index in [9.17, 15) is 14.5 Å². The summed E-state index contributed by atoms with van der Waals surface area (Å²) in [5, 5.41) is 16.6. The van der Waals surface area contributed by atoms with Gasteiger partial charge in [0, 0.05) is 17.9 Å². The highest BCUT2D eigenvalue weighted by molar-refractivity contribution is 7.98. The monoisotopic (exact) mass is 381 g/mol. The molecule has 0 radical (unpaired) electrons. The molecule has 9 heteroatoms. The second-order valence-corrected chi connectivity index (χ2v) is 6.63. The van der Waals surface area contributed by atoms with Gasteiger partial charge in [-0.25, -0.2) is 19.0 Å². The largest absolute Gasteiger partial charge is 0.269 e. The molecular weight excluding hydrogens is 369 g/mol. The van der Waals surface area contributed by atoms with Crippen molar-refractivity contribution >= 4 is 28.5 Å². The minimum Gasteiger partial charge on any atom is -0.258 e. The summed E-state index contributed by atoms with van der Waals surface area (Å²) in [5.41, 5.74) is 2.34. The van der Waals surface area contributed by atoms with E-state index in [4.69, 9.17) is 0 Å². The van der Waals surface area contributed by atoms with E-state index in [0.717, 1.165) is 16.0 Å². The summed E-state index contributed by atoms with van der Waals surface area (Å²) >= 11 is 1.49. The fraction of sp³-hybridized carbons (Fsp3) is 0.0556. The van der Waals surface area contributed by atoms with Crippen molar-refractivity contribution in [3.8, 4) is 5.69 Å². The molecule has 0 saturated heterocycles. The third-order valence-electron chi connectivity index (χ3n) is 3.92. The number of nitro groups is 1. The van der Waals surface area contributed by atoms with Crippen LogP contribution < -0.4 is 0 Å². The lowest BCUT2D eigenvalue weighted by Gasteiger charge is -2.04. The first-order valence-corrected chi connectivity index (χ1v) is 8.91. The van der Waals surface area contributed by atoms with E-state index in [0.29, 0.717) is 17.1 Å². The number of halogens is 1. The Labute approximate surface area is 157 Å². The average Bonchev–Trinajstić information content (AvgIpc) is 3.12. The second-order valence-electron chi connectivity index (χ2n) is 5.66. The first kappa shape index (κ1) is 17.1. The van der Waals surface area contributed by atoms with Gasteiger partial charge in [0.2, 0.25) is 0 Å². The molecule has 2 heterocycles. The van der Waals surface area contributed by atoms with Gasteiger partial charge in [-0.3, -0.25) is 10.1 Å². The smallest absolute Gasteiger partial charge is 0.258 e. The van der Waals surface area contributed by atoms with Crippen LogP contribution in [-0.2, 0) is 5.75 Å². The van der Waals surface area contributed by atoms with Crippen molar-refractivity contribution in [3.63, 3.8) is 0 Å². The molecule has 0 atom stereocenters. The van der Waals surface area contributed by atoms with E-state index in [2.05, 4.69) is 15.1 Å². The number of aromatic nitrogens is 4.